The summed E-state index contributed by atoms with van der Waals surface area (Å²) in [5.74, 6) is -0.337. The van der Waals surface area contributed by atoms with Gasteiger partial charge in [0.25, 0.3) is 0 Å². The van der Waals surface area contributed by atoms with E-state index in [0.29, 0.717) is 12.1 Å². The maximum absolute atomic E-state index is 11.5. The Hall–Kier alpha value is -1.75. The molecule has 104 valence electrons. The first-order valence-electron chi connectivity index (χ1n) is 6.40. The average molecular weight is 263 g/mol. The monoisotopic (exact) mass is 263 g/mol. The van der Waals surface area contributed by atoms with E-state index in [-0.39, 0.29) is 11.3 Å². The molecule has 0 aliphatic rings. The van der Waals surface area contributed by atoms with Crippen LogP contribution < -0.4 is 16.4 Å². The second kappa shape index (κ2) is 4.74. The highest BCUT2D eigenvalue weighted by molar-refractivity contribution is 5.77. The van der Waals surface area contributed by atoms with Crippen LogP contribution in [0.5, 0.6) is 0 Å². The van der Waals surface area contributed by atoms with Gasteiger partial charge in [-0.25, -0.2) is 4.79 Å². The molecule has 0 bridgehead atoms. The van der Waals surface area contributed by atoms with Crippen molar-refractivity contribution in [3.05, 3.63) is 28.7 Å². The summed E-state index contributed by atoms with van der Waals surface area (Å²) in [6.45, 7) is 4.93. The van der Waals surface area contributed by atoms with Crippen LogP contribution in [0.3, 0.4) is 0 Å². The Morgan fingerprint density at radius 3 is 2.74 bits per heavy atom. The molecule has 5 heteroatoms. The molecule has 0 aliphatic heterocycles. The van der Waals surface area contributed by atoms with Gasteiger partial charge < -0.3 is 15.1 Å². The smallest absolute Gasteiger partial charge is 0.408 e. The van der Waals surface area contributed by atoms with Crippen LogP contribution in [-0.2, 0) is 7.05 Å². The van der Waals surface area contributed by atoms with Crippen LogP contribution >= 0.6 is 0 Å². The highest BCUT2D eigenvalue weighted by atomic mass is 16.4. The van der Waals surface area contributed by atoms with Gasteiger partial charge in [0.05, 0.1) is 5.52 Å². The molecule has 0 unspecified atom stereocenters. The molecule has 0 atom stereocenters. The minimum atomic E-state index is -0.337. The quantitative estimate of drug-likeness (QED) is 0.911. The third kappa shape index (κ3) is 2.38. The topological polar surface area (TPSA) is 64.4 Å². The molecule has 0 spiro atoms. The van der Waals surface area contributed by atoms with Gasteiger partial charge in [-0.3, -0.25) is 4.57 Å². The zero-order valence-electron chi connectivity index (χ0n) is 11.9. The normalized spacial score (nSPS) is 12.1. The van der Waals surface area contributed by atoms with Gasteiger partial charge in [0.15, 0.2) is 5.58 Å². The van der Waals surface area contributed by atoms with E-state index < -0.39 is 0 Å². The summed E-state index contributed by atoms with van der Waals surface area (Å²) in [6.07, 6.45) is 0.889. The van der Waals surface area contributed by atoms with Crippen molar-refractivity contribution in [2.45, 2.75) is 25.8 Å². The zero-order chi connectivity index (χ0) is 14.2. The van der Waals surface area contributed by atoms with Gasteiger partial charge in [-0.2, -0.15) is 0 Å². The first-order chi connectivity index (χ1) is 8.86. The molecule has 2 aromatic rings. The Kier molecular flexibility index (Phi) is 3.41. The highest BCUT2D eigenvalue weighted by Crippen LogP contribution is 2.27. The van der Waals surface area contributed by atoms with Crippen LogP contribution in [0.1, 0.15) is 20.3 Å². The van der Waals surface area contributed by atoms with E-state index in [4.69, 9.17) is 10.2 Å². The summed E-state index contributed by atoms with van der Waals surface area (Å²) in [5.41, 5.74) is 8.04. The molecule has 0 radical (unpaired) electrons. The van der Waals surface area contributed by atoms with E-state index in [0.717, 1.165) is 17.6 Å². The summed E-state index contributed by atoms with van der Waals surface area (Å²) < 4.78 is 6.72. The van der Waals surface area contributed by atoms with E-state index >= 15 is 0 Å². The van der Waals surface area contributed by atoms with Gasteiger partial charge in [-0.1, -0.05) is 0 Å². The number of oxazole rings is 1. The predicted molar refractivity (Wildman–Crippen MR) is 77.6 cm³/mol. The van der Waals surface area contributed by atoms with Gasteiger partial charge in [0.2, 0.25) is 0 Å². The number of hydrogen-bond donors (Lipinski definition) is 1. The fourth-order valence-corrected chi connectivity index (χ4v) is 2.20. The van der Waals surface area contributed by atoms with Gasteiger partial charge in [-0.05, 0) is 38.9 Å². The Labute approximate surface area is 112 Å². The van der Waals surface area contributed by atoms with Crippen molar-refractivity contribution in [1.29, 1.82) is 0 Å². The second-order valence-electron chi connectivity index (χ2n) is 5.49. The first-order valence-corrected chi connectivity index (χ1v) is 6.40. The molecule has 0 saturated carbocycles. The number of hydrogen-bond acceptors (Lipinski definition) is 4. The Bertz CT molecular complexity index is 640. The van der Waals surface area contributed by atoms with Crippen LogP contribution in [0.4, 0.5) is 5.69 Å². The molecule has 1 heterocycles. The minimum Gasteiger partial charge on any atom is -0.408 e. The van der Waals surface area contributed by atoms with E-state index in [1.165, 1.54) is 4.57 Å². The van der Waals surface area contributed by atoms with E-state index in [1.54, 1.807) is 7.05 Å². The molecule has 2 N–H and O–H groups in total. The SMILES string of the molecule is CN(c1ccc2c(c1)oc(=O)n2C)C(C)(C)CCN. The standard InChI is InChI=1S/C14H21N3O2/c1-14(2,7-8-15)17(4)10-5-6-11-12(9-10)19-13(18)16(11)3/h5-6,9H,7-8,15H2,1-4H3. The molecule has 0 aliphatic carbocycles. The van der Waals surface area contributed by atoms with Crippen molar-refractivity contribution >= 4 is 16.8 Å². The van der Waals surface area contributed by atoms with Crippen molar-refractivity contribution in [3.8, 4) is 0 Å². The third-order valence-electron chi connectivity index (χ3n) is 3.83. The first kappa shape index (κ1) is 13.7. The minimum absolute atomic E-state index is 0.0441. The Morgan fingerprint density at radius 1 is 1.42 bits per heavy atom. The molecule has 19 heavy (non-hydrogen) atoms. The van der Waals surface area contributed by atoms with Gasteiger partial charge >= 0.3 is 5.76 Å². The van der Waals surface area contributed by atoms with Crippen LogP contribution in [0.2, 0.25) is 0 Å². The van der Waals surface area contributed by atoms with Crippen molar-refractivity contribution in [2.24, 2.45) is 12.8 Å². The largest absolute Gasteiger partial charge is 0.419 e. The molecular weight excluding hydrogens is 242 g/mol. The lowest BCUT2D eigenvalue weighted by molar-refractivity contribution is 0.456. The number of fused-ring (bicyclic) bond motifs is 1. The molecule has 1 aromatic heterocycles. The fourth-order valence-electron chi connectivity index (χ4n) is 2.20. The Morgan fingerprint density at radius 2 is 2.11 bits per heavy atom. The number of aryl methyl sites for hydroxylation is 1. The van der Waals surface area contributed by atoms with Crippen LogP contribution in [0.15, 0.2) is 27.4 Å². The van der Waals surface area contributed by atoms with Gasteiger partial charge in [0.1, 0.15) is 0 Å². The second-order valence-corrected chi connectivity index (χ2v) is 5.49. The van der Waals surface area contributed by atoms with Crippen molar-refractivity contribution in [2.75, 3.05) is 18.5 Å². The van der Waals surface area contributed by atoms with Gasteiger partial charge in [0, 0.05) is 31.4 Å². The van der Waals surface area contributed by atoms with Crippen LogP contribution in [-0.4, -0.2) is 23.7 Å². The highest BCUT2D eigenvalue weighted by Gasteiger charge is 2.23. The third-order valence-corrected chi connectivity index (χ3v) is 3.83. The van der Waals surface area contributed by atoms with Crippen LogP contribution in [0, 0.1) is 0 Å². The lowest BCUT2D eigenvalue weighted by Crippen LogP contribution is -2.42. The number of aromatic nitrogens is 1. The van der Waals surface area contributed by atoms with E-state index in [2.05, 4.69) is 18.7 Å². The maximum Gasteiger partial charge on any atom is 0.419 e. The lowest BCUT2D eigenvalue weighted by atomic mass is 9.98. The lowest BCUT2D eigenvalue weighted by Gasteiger charge is -2.37. The molecule has 0 saturated heterocycles. The maximum atomic E-state index is 11.5. The summed E-state index contributed by atoms with van der Waals surface area (Å²) in [7, 11) is 3.73. The van der Waals surface area contributed by atoms with Crippen molar-refractivity contribution in [3.63, 3.8) is 0 Å². The number of anilines is 1. The number of rotatable bonds is 4. The average Bonchev–Trinajstić information content (AvgIpc) is 2.63. The molecule has 5 nitrogen and oxygen atoms in total. The molecule has 0 amide bonds. The predicted octanol–water partition coefficient (Wildman–Crippen LogP) is 1.70. The molecule has 1 aromatic carbocycles. The van der Waals surface area contributed by atoms with Crippen molar-refractivity contribution in [1.82, 2.24) is 4.57 Å². The van der Waals surface area contributed by atoms with Crippen LogP contribution in [0.25, 0.3) is 11.1 Å². The molecule has 0 fully saturated rings. The summed E-state index contributed by atoms with van der Waals surface area (Å²) in [6, 6.07) is 5.80. The van der Waals surface area contributed by atoms with Gasteiger partial charge in [-0.15, -0.1) is 0 Å². The summed E-state index contributed by atoms with van der Waals surface area (Å²) in [5, 5.41) is 0. The number of nitrogens with two attached hydrogens (primary N) is 1. The fraction of sp³-hybridized carbons (Fsp3) is 0.500. The van der Waals surface area contributed by atoms with Crippen molar-refractivity contribution < 1.29 is 4.42 Å². The number of nitrogens with zero attached hydrogens (tertiary/aromatic N) is 2. The Balaban J connectivity index is 2.43. The number of benzene rings is 1. The zero-order valence-corrected chi connectivity index (χ0v) is 11.9. The van der Waals surface area contributed by atoms with E-state index in [1.807, 2.05) is 25.2 Å². The molecular formula is C14H21N3O2. The molecule has 2 rings (SSSR count). The summed E-state index contributed by atoms with van der Waals surface area (Å²) in [4.78, 5) is 13.6. The van der Waals surface area contributed by atoms with E-state index in [9.17, 15) is 4.79 Å². The summed E-state index contributed by atoms with van der Waals surface area (Å²) >= 11 is 0.